The largest absolute Gasteiger partial charge is 0.355 e. The number of halogens is 1. The Bertz CT molecular complexity index is 510. The Balaban J connectivity index is 0.00000364. The Morgan fingerprint density at radius 3 is 2.52 bits per heavy atom. The molecule has 0 spiro atoms. The molecule has 1 N–H and O–H groups in total. The SMILES string of the molecule is CN=C(NCCN1CCCN(C)CC1)N1CC(=O)N(C(C)C)C(C)(C)C1.I. The summed E-state index contributed by atoms with van der Waals surface area (Å²) < 4.78 is 0. The quantitative estimate of drug-likeness (QED) is 0.361. The van der Waals surface area contributed by atoms with Crippen molar-refractivity contribution in [2.24, 2.45) is 4.99 Å². The second-order valence-corrected chi connectivity index (χ2v) is 8.50. The molecule has 8 heteroatoms. The van der Waals surface area contributed by atoms with Gasteiger partial charge in [0.05, 0.1) is 12.1 Å². The van der Waals surface area contributed by atoms with E-state index >= 15 is 0 Å². The van der Waals surface area contributed by atoms with Crippen molar-refractivity contribution in [3.63, 3.8) is 0 Å². The fourth-order valence-corrected chi connectivity index (χ4v) is 4.29. The van der Waals surface area contributed by atoms with E-state index in [9.17, 15) is 4.79 Å². The van der Waals surface area contributed by atoms with Crippen molar-refractivity contribution < 1.29 is 4.79 Å². The molecule has 2 heterocycles. The smallest absolute Gasteiger partial charge is 0.242 e. The van der Waals surface area contributed by atoms with Crippen molar-refractivity contribution in [2.45, 2.75) is 45.7 Å². The van der Waals surface area contributed by atoms with E-state index in [1.54, 1.807) is 7.05 Å². The highest BCUT2D eigenvalue weighted by Gasteiger charge is 2.40. The molecule has 2 aliphatic rings. The predicted molar refractivity (Wildman–Crippen MR) is 123 cm³/mol. The Morgan fingerprint density at radius 1 is 1.22 bits per heavy atom. The van der Waals surface area contributed by atoms with E-state index in [1.807, 2.05) is 4.90 Å². The van der Waals surface area contributed by atoms with Crippen LogP contribution < -0.4 is 5.32 Å². The monoisotopic (exact) mass is 494 g/mol. The topological polar surface area (TPSA) is 54.4 Å². The number of hydrogen-bond donors (Lipinski definition) is 1. The van der Waals surface area contributed by atoms with Gasteiger partial charge in [-0.15, -0.1) is 24.0 Å². The van der Waals surface area contributed by atoms with Crippen molar-refractivity contribution in [3.05, 3.63) is 0 Å². The first-order valence-corrected chi connectivity index (χ1v) is 9.93. The Labute approximate surface area is 182 Å². The number of aliphatic imine (C=N–C) groups is 1. The third-order valence-electron chi connectivity index (χ3n) is 5.38. The molecule has 2 rings (SSSR count). The summed E-state index contributed by atoms with van der Waals surface area (Å²) in [5.41, 5.74) is -0.198. The Hall–Kier alpha value is -0.610. The van der Waals surface area contributed by atoms with Crippen LogP contribution in [0.1, 0.15) is 34.1 Å². The van der Waals surface area contributed by atoms with Crippen LogP contribution in [0.3, 0.4) is 0 Å². The van der Waals surface area contributed by atoms with Gasteiger partial charge in [-0.1, -0.05) is 0 Å². The minimum atomic E-state index is -0.198. The van der Waals surface area contributed by atoms with E-state index in [0.29, 0.717) is 6.54 Å². The lowest BCUT2D eigenvalue weighted by molar-refractivity contribution is -0.145. The lowest BCUT2D eigenvalue weighted by Gasteiger charge is -2.49. The molecule has 0 aromatic heterocycles. The first-order valence-electron chi connectivity index (χ1n) is 9.93. The number of nitrogens with one attached hydrogen (secondary N) is 1. The van der Waals surface area contributed by atoms with Crippen LogP contribution in [0.4, 0.5) is 0 Å². The second-order valence-electron chi connectivity index (χ2n) is 8.50. The molecule has 0 aliphatic carbocycles. The van der Waals surface area contributed by atoms with Crippen LogP contribution in [-0.4, -0.2) is 110 Å². The number of likely N-dealkylation sites (N-methyl/N-ethyl adjacent to an activating group) is 1. The predicted octanol–water partition coefficient (Wildman–Crippen LogP) is 1.15. The maximum absolute atomic E-state index is 12.7. The zero-order valence-corrected chi connectivity index (χ0v) is 20.3. The maximum Gasteiger partial charge on any atom is 0.242 e. The molecule has 1 amide bonds. The summed E-state index contributed by atoms with van der Waals surface area (Å²) in [6.45, 7) is 16.1. The summed E-state index contributed by atoms with van der Waals surface area (Å²) in [4.78, 5) is 26.1. The fourth-order valence-electron chi connectivity index (χ4n) is 4.29. The van der Waals surface area contributed by atoms with Crippen LogP contribution in [0.2, 0.25) is 0 Å². The second kappa shape index (κ2) is 10.8. The van der Waals surface area contributed by atoms with E-state index in [4.69, 9.17) is 0 Å². The van der Waals surface area contributed by atoms with Gasteiger partial charge in [-0.3, -0.25) is 9.79 Å². The first kappa shape index (κ1) is 24.4. The van der Waals surface area contributed by atoms with Gasteiger partial charge in [-0.05, 0) is 54.3 Å². The van der Waals surface area contributed by atoms with Crippen molar-refractivity contribution in [1.82, 2.24) is 24.9 Å². The number of carbonyl (C=O) groups excluding carboxylic acids is 1. The molecule has 2 saturated heterocycles. The lowest BCUT2D eigenvalue weighted by Crippen LogP contribution is -2.66. The lowest BCUT2D eigenvalue weighted by atomic mass is 9.96. The average Bonchev–Trinajstić information content (AvgIpc) is 2.74. The maximum atomic E-state index is 12.7. The third kappa shape index (κ3) is 6.74. The molecule has 0 aromatic rings. The van der Waals surface area contributed by atoms with Gasteiger partial charge in [0, 0.05) is 45.8 Å². The van der Waals surface area contributed by atoms with Crippen molar-refractivity contribution in [1.29, 1.82) is 0 Å². The number of rotatable bonds is 4. The number of nitrogens with zero attached hydrogens (tertiary/aromatic N) is 5. The molecule has 7 nitrogen and oxygen atoms in total. The summed E-state index contributed by atoms with van der Waals surface area (Å²) in [5.74, 6) is 1.01. The molecular weight excluding hydrogens is 455 g/mol. The molecule has 27 heavy (non-hydrogen) atoms. The third-order valence-corrected chi connectivity index (χ3v) is 5.38. The minimum absolute atomic E-state index is 0. The van der Waals surface area contributed by atoms with Gasteiger partial charge in [0.15, 0.2) is 5.96 Å². The van der Waals surface area contributed by atoms with E-state index < -0.39 is 0 Å². The summed E-state index contributed by atoms with van der Waals surface area (Å²) in [7, 11) is 3.99. The molecule has 158 valence electrons. The number of hydrogen-bond acceptors (Lipinski definition) is 4. The van der Waals surface area contributed by atoms with Gasteiger partial charge in [-0.25, -0.2) is 0 Å². The van der Waals surface area contributed by atoms with Crippen molar-refractivity contribution in [2.75, 3.05) is 66.5 Å². The Morgan fingerprint density at radius 2 is 1.93 bits per heavy atom. The highest BCUT2D eigenvalue weighted by molar-refractivity contribution is 14.0. The number of amides is 1. The standard InChI is InChI=1S/C19H38N6O.HI/c1-16(2)25-17(26)14-24(15-19(25,3)4)18(20-5)21-8-11-23-10-7-9-22(6)12-13-23;/h16H,7-15H2,1-6H3,(H,20,21);1H. The zero-order chi connectivity index (χ0) is 19.3. The number of carbonyl (C=O) groups is 1. The highest BCUT2D eigenvalue weighted by atomic mass is 127. The van der Waals surface area contributed by atoms with Crippen LogP contribution in [0, 0.1) is 0 Å². The van der Waals surface area contributed by atoms with Gasteiger partial charge < -0.3 is 24.9 Å². The normalized spacial score (nSPS) is 22.6. The van der Waals surface area contributed by atoms with Crippen molar-refractivity contribution >= 4 is 35.8 Å². The highest BCUT2D eigenvalue weighted by Crippen LogP contribution is 2.24. The summed E-state index contributed by atoms with van der Waals surface area (Å²) in [6, 6.07) is 0.218. The van der Waals surface area contributed by atoms with Gasteiger partial charge in [0.25, 0.3) is 0 Å². The summed E-state index contributed by atoms with van der Waals surface area (Å²) in [5, 5.41) is 3.47. The molecular formula is C19H39IN6O. The van der Waals surface area contributed by atoms with Crippen LogP contribution in [0.15, 0.2) is 4.99 Å². The van der Waals surface area contributed by atoms with Gasteiger partial charge >= 0.3 is 0 Å². The van der Waals surface area contributed by atoms with E-state index in [0.717, 1.165) is 45.2 Å². The van der Waals surface area contributed by atoms with Gasteiger partial charge in [0.1, 0.15) is 0 Å². The Kier molecular flexibility index (Phi) is 9.77. The van der Waals surface area contributed by atoms with E-state index in [1.165, 1.54) is 13.0 Å². The van der Waals surface area contributed by atoms with Crippen LogP contribution in [0.5, 0.6) is 0 Å². The van der Waals surface area contributed by atoms with Crippen molar-refractivity contribution in [3.8, 4) is 0 Å². The average molecular weight is 494 g/mol. The van der Waals surface area contributed by atoms with Crippen LogP contribution >= 0.6 is 24.0 Å². The summed E-state index contributed by atoms with van der Waals surface area (Å²) >= 11 is 0. The molecule has 0 unspecified atom stereocenters. The number of guanidine groups is 1. The minimum Gasteiger partial charge on any atom is -0.355 e. The molecule has 0 atom stereocenters. The van der Waals surface area contributed by atoms with E-state index in [-0.39, 0.29) is 41.5 Å². The first-order chi connectivity index (χ1) is 12.2. The fraction of sp³-hybridized carbons (Fsp3) is 0.895. The van der Waals surface area contributed by atoms with Crippen LogP contribution in [0.25, 0.3) is 0 Å². The van der Waals surface area contributed by atoms with Crippen LogP contribution in [-0.2, 0) is 4.79 Å². The number of piperazine rings is 1. The van der Waals surface area contributed by atoms with Gasteiger partial charge in [0.2, 0.25) is 5.91 Å². The zero-order valence-electron chi connectivity index (χ0n) is 18.0. The van der Waals surface area contributed by atoms with E-state index in [2.05, 4.69) is 59.8 Å². The summed E-state index contributed by atoms with van der Waals surface area (Å²) in [6.07, 6.45) is 1.23. The molecule has 0 saturated carbocycles. The molecule has 0 aromatic carbocycles. The molecule has 0 radical (unpaired) electrons. The molecule has 2 aliphatic heterocycles. The molecule has 0 bridgehead atoms. The van der Waals surface area contributed by atoms with Gasteiger partial charge in [-0.2, -0.15) is 0 Å². The molecule has 2 fully saturated rings.